The normalized spacial score (nSPS) is 29.0. The minimum absolute atomic E-state index is 0.0204. The van der Waals surface area contributed by atoms with E-state index in [1.807, 2.05) is 0 Å². The number of rotatable bonds is 2. The molecule has 1 N–H and O–H groups in total. The maximum atomic E-state index is 13.8. The maximum Gasteiger partial charge on any atom is 0.256 e. The zero-order valence-electron chi connectivity index (χ0n) is 24.3. The van der Waals surface area contributed by atoms with Gasteiger partial charge in [-0.2, -0.15) is 0 Å². The second-order valence-electron chi connectivity index (χ2n) is 4.63. The monoisotopic (exact) mass is 307 g/mol. The molecule has 1 amide bonds. The third kappa shape index (κ3) is 1.78. The number of aromatic amines is 1. The maximum absolute atomic E-state index is 13.8. The van der Waals surface area contributed by atoms with Crippen LogP contribution in [0.3, 0.4) is 0 Å². The third-order valence-electron chi connectivity index (χ3n) is 3.36. The third-order valence-corrected chi connectivity index (χ3v) is 3.36. The summed E-state index contributed by atoms with van der Waals surface area (Å²) in [5.74, 6) is -1.49. The number of benzene rings is 1. The molecule has 0 fully saturated rings. The summed E-state index contributed by atoms with van der Waals surface area (Å²) in [5.41, 5.74) is -2.89. The first-order chi connectivity index (χ1) is 15.8. The molecule has 0 radical (unpaired) electrons. The molecular formula is C17H18N4O. The minimum Gasteiger partial charge on any atom is -0.347 e. The van der Waals surface area contributed by atoms with Gasteiger partial charge in [-0.25, -0.2) is 4.98 Å². The van der Waals surface area contributed by atoms with E-state index in [0.29, 0.717) is 0 Å². The number of aryl methyl sites for hydroxylation is 2. The van der Waals surface area contributed by atoms with Crippen LogP contribution in [0.25, 0.3) is 10.9 Å². The molecule has 1 aliphatic rings. The number of carbonyl (C=O) groups is 1. The van der Waals surface area contributed by atoms with Crippen LogP contribution in [0, 0.1) is 6.92 Å². The average Bonchev–Trinajstić information content (AvgIpc) is 3.31. The van der Waals surface area contributed by atoms with Crippen LogP contribution in [-0.2, 0) is 19.8 Å². The van der Waals surface area contributed by atoms with E-state index >= 15 is 0 Å². The molecule has 5 nitrogen and oxygen atoms in total. The molecule has 5 heteroatoms. The number of para-hydroxylation sites is 1. The summed E-state index contributed by atoms with van der Waals surface area (Å²) in [6.07, 6.45) is -2.28. The van der Waals surface area contributed by atoms with E-state index in [4.69, 9.17) is 17.8 Å². The Hall–Kier alpha value is -2.56. The zero-order valence-corrected chi connectivity index (χ0v) is 11.3. The molecule has 0 saturated carbocycles. The highest BCUT2D eigenvalue weighted by Gasteiger charge is 2.30. The summed E-state index contributed by atoms with van der Waals surface area (Å²) >= 11 is 0. The first kappa shape index (κ1) is 5.26. The minimum atomic E-state index is -3.48. The number of nitrogens with one attached hydrogen (secondary N) is 1. The Bertz CT molecular complexity index is 1400. The molecule has 0 spiro atoms. The standard InChI is InChI=1S/C17H18N4O/c1-11-13(19-10-18-11)9-21-8-7-15-16(17(21)22)12-5-3-4-6-14(12)20(15)2/h3-6,10H,7-9H2,1-2H3,(H,18,19)/i2D3,3D,4D,5D,6D,7D2,8D2,9D2. The number of hydrogen-bond donors (Lipinski definition) is 1. The second kappa shape index (κ2) is 4.73. The lowest BCUT2D eigenvalue weighted by molar-refractivity contribution is 0.0725. The van der Waals surface area contributed by atoms with Crippen LogP contribution in [0.1, 0.15) is 45.3 Å². The van der Waals surface area contributed by atoms with Gasteiger partial charge in [0.2, 0.25) is 0 Å². The molecule has 2 aromatic heterocycles. The van der Waals surface area contributed by atoms with Gasteiger partial charge in [-0.15, -0.1) is 0 Å². The number of carbonyl (C=O) groups excluding carboxylic acids is 1. The fraction of sp³-hybridized carbons (Fsp3) is 0.294. The number of aromatic nitrogens is 3. The quantitative estimate of drug-likeness (QED) is 0.790. The van der Waals surface area contributed by atoms with Crippen LogP contribution in [0.4, 0.5) is 0 Å². The van der Waals surface area contributed by atoms with Gasteiger partial charge < -0.3 is 14.5 Å². The Labute approximate surface area is 146 Å². The van der Waals surface area contributed by atoms with E-state index in [1.165, 1.54) is 6.92 Å². The first-order valence-corrected chi connectivity index (χ1v) is 6.32. The van der Waals surface area contributed by atoms with Gasteiger partial charge >= 0.3 is 0 Å². The highest BCUT2D eigenvalue weighted by Crippen LogP contribution is 2.30. The Morgan fingerprint density at radius 3 is 3.18 bits per heavy atom. The van der Waals surface area contributed by atoms with Crippen molar-refractivity contribution in [3.8, 4) is 0 Å². The Morgan fingerprint density at radius 2 is 2.41 bits per heavy atom. The summed E-state index contributed by atoms with van der Waals surface area (Å²) < 4.78 is 108. The lowest BCUT2D eigenvalue weighted by Crippen LogP contribution is -2.37. The van der Waals surface area contributed by atoms with Gasteiger partial charge in [0.1, 0.15) is 0 Å². The predicted molar refractivity (Wildman–Crippen MR) is 84.7 cm³/mol. The van der Waals surface area contributed by atoms with Gasteiger partial charge in [0, 0.05) is 46.0 Å². The predicted octanol–water partition coefficient (Wildman–Crippen LogP) is 2.41. The Balaban J connectivity index is 2.24. The van der Waals surface area contributed by atoms with Crippen LogP contribution in [-0.4, -0.2) is 31.8 Å². The lowest BCUT2D eigenvalue weighted by atomic mass is 10.0. The molecule has 0 unspecified atom stereocenters. The van der Waals surface area contributed by atoms with Gasteiger partial charge in [-0.1, -0.05) is 18.1 Å². The molecule has 112 valence electrons. The smallest absolute Gasteiger partial charge is 0.256 e. The molecule has 3 heterocycles. The van der Waals surface area contributed by atoms with E-state index in [0.717, 1.165) is 6.33 Å². The number of amides is 1. The molecule has 1 aromatic carbocycles. The highest BCUT2D eigenvalue weighted by atomic mass is 16.2. The highest BCUT2D eigenvalue weighted by molar-refractivity contribution is 6.09. The number of fused-ring (bicyclic) bond motifs is 3. The number of imidazole rings is 1. The van der Waals surface area contributed by atoms with E-state index in [1.54, 1.807) is 0 Å². The SMILES string of the molecule is [2H]c1c([2H])c([2H])c2c(c1[2H])c1c(n2C([2H])([2H])[2H])C([2H])([2H])C([2H])([2H])N(C([2H])([2H])c2[nH]cnc2C)C1=O. The second-order valence-corrected chi connectivity index (χ2v) is 4.63. The molecule has 0 saturated heterocycles. The molecular weight excluding hydrogens is 276 g/mol. The van der Waals surface area contributed by atoms with Gasteiger partial charge in [0.25, 0.3) is 5.91 Å². The van der Waals surface area contributed by atoms with E-state index in [2.05, 4.69) is 9.97 Å². The van der Waals surface area contributed by atoms with Crippen molar-refractivity contribution < 1.29 is 22.6 Å². The Kier molecular flexibility index (Phi) is 1.13. The van der Waals surface area contributed by atoms with Crippen molar-refractivity contribution in [2.75, 3.05) is 6.50 Å². The number of hydrogen-bond acceptors (Lipinski definition) is 2. The Morgan fingerprint density at radius 1 is 1.55 bits per heavy atom. The molecule has 3 aromatic rings. The van der Waals surface area contributed by atoms with E-state index in [-0.39, 0.29) is 20.9 Å². The fourth-order valence-electron chi connectivity index (χ4n) is 2.26. The van der Waals surface area contributed by atoms with Crippen molar-refractivity contribution in [1.29, 1.82) is 0 Å². The van der Waals surface area contributed by atoms with Crippen LogP contribution < -0.4 is 0 Å². The number of H-pyrrole nitrogens is 1. The molecule has 0 bridgehead atoms. The van der Waals surface area contributed by atoms with Crippen molar-refractivity contribution in [3.63, 3.8) is 0 Å². The molecule has 0 aliphatic carbocycles. The van der Waals surface area contributed by atoms with Crippen molar-refractivity contribution >= 4 is 16.8 Å². The van der Waals surface area contributed by atoms with Crippen LogP contribution in [0.5, 0.6) is 0 Å². The van der Waals surface area contributed by atoms with Gasteiger partial charge in [-0.05, 0) is 13.0 Å². The average molecular weight is 307 g/mol. The zero-order chi connectivity index (χ0) is 26.6. The van der Waals surface area contributed by atoms with Gasteiger partial charge in [0.15, 0.2) is 0 Å². The summed E-state index contributed by atoms with van der Waals surface area (Å²) in [7, 11) is 0. The topological polar surface area (TPSA) is 53.9 Å². The summed E-state index contributed by atoms with van der Waals surface area (Å²) in [6, 6.07) is -3.37. The van der Waals surface area contributed by atoms with Crippen molar-refractivity contribution in [1.82, 2.24) is 19.4 Å². The van der Waals surface area contributed by atoms with Gasteiger partial charge in [0.05, 0.1) is 38.0 Å². The first-order valence-electron chi connectivity index (χ1n) is 12.8. The fourth-order valence-corrected chi connectivity index (χ4v) is 2.26. The molecule has 0 atom stereocenters. The summed E-state index contributed by atoms with van der Waals surface area (Å²) in [5, 5.41) is -0.645. The summed E-state index contributed by atoms with van der Waals surface area (Å²) in [4.78, 5) is 20.1. The lowest BCUT2D eigenvalue weighted by Gasteiger charge is -2.27. The van der Waals surface area contributed by atoms with Crippen LogP contribution in [0.15, 0.2) is 30.5 Å². The van der Waals surface area contributed by atoms with Crippen molar-refractivity contribution in [2.24, 2.45) is 6.98 Å². The largest absolute Gasteiger partial charge is 0.347 e. The molecule has 4 rings (SSSR count). The molecule has 1 aliphatic heterocycles. The van der Waals surface area contributed by atoms with Crippen molar-refractivity contribution in [3.05, 3.63) is 53.1 Å². The van der Waals surface area contributed by atoms with E-state index < -0.39 is 78.6 Å². The van der Waals surface area contributed by atoms with Gasteiger partial charge in [-0.3, -0.25) is 4.79 Å². The van der Waals surface area contributed by atoms with Crippen LogP contribution >= 0.6 is 0 Å². The number of nitrogens with zero attached hydrogens (tertiary/aromatic N) is 3. The summed E-state index contributed by atoms with van der Waals surface area (Å²) in [6.45, 7) is -8.40. The molecule has 22 heavy (non-hydrogen) atoms. The van der Waals surface area contributed by atoms with E-state index in [9.17, 15) is 4.79 Å². The van der Waals surface area contributed by atoms with Crippen molar-refractivity contribution in [2.45, 2.75) is 19.8 Å². The van der Waals surface area contributed by atoms with Crippen LogP contribution in [0.2, 0.25) is 0 Å².